The van der Waals surface area contributed by atoms with Gasteiger partial charge in [0.15, 0.2) is 0 Å². The summed E-state index contributed by atoms with van der Waals surface area (Å²) in [6.07, 6.45) is 5.02. The van der Waals surface area contributed by atoms with Crippen LogP contribution in [-0.2, 0) is 14.2 Å². The van der Waals surface area contributed by atoms with Gasteiger partial charge in [-0.15, -0.1) is 11.8 Å². The Balaban J connectivity index is 1.29. The number of hydrogen-bond donors (Lipinski definition) is 1. The molecule has 3 saturated heterocycles. The molecule has 0 aromatic rings. The molecule has 3 rings (SSSR count). The third kappa shape index (κ3) is 9.85. The number of nitrogens with zero attached hydrogens (tertiary/aromatic N) is 1. The molecule has 0 spiro atoms. The number of aliphatic imine (C=N–C) groups is 1. The third-order valence-corrected chi connectivity index (χ3v) is 7.83. The van der Waals surface area contributed by atoms with E-state index in [0.29, 0.717) is 23.6 Å². The van der Waals surface area contributed by atoms with E-state index in [4.69, 9.17) is 14.2 Å². The predicted octanol–water partition coefficient (Wildman–Crippen LogP) is 2.66. The molecule has 6 nitrogen and oxygen atoms in total. The lowest BCUT2D eigenvalue weighted by molar-refractivity contribution is 0.249. The van der Waals surface area contributed by atoms with Crippen LogP contribution in [0.5, 0.6) is 0 Å². The molecular formula is C17H28N2O4S3. The van der Waals surface area contributed by atoms with Gasteiger partial charge in [0.2, 0.25) is 0 Å². The number of epoxide rings is 3. The number of nitrogens with one attached hydrogen (secondary N) is 1. The van der Waals surface area contributed by atoms with Crippen LogP contribution in [-0.4, -0.2) is 84.0 Å². The fourth-order valence-electron chi connectivity index (χ4n) is 2.19. The minimum atomic E-state index is -0.253. The van der Waals surface area contributed by atoms with E-state index in [1.807, 2.05) is 30.4 Å². The highest BCUT2D eigenvalue weighted by Gasteiger charge is 2.25. The van der Waals surface area contributed by atoms with Crippen molar-refractivity contribution in [3.63, 3.8) is 0 Å². The largest absolute Gasteiger partial charge is 0.372 e. The molecule has 5 atom stereocenters. The van der Waals surface area contributed by atoms with Gasteiger partial charge >= 0.3 is 6.03 Å². The van der Waals surface area contributed by atoms with E-state index in [-0.39, 0.29) is 11.4 Å². The first kappa shape index (κ1) is 20.8. The summed E-state index contributed by atoms with van der Waals surface area (Å²) in [6, 6.07) is -0.253. The second-order valence-corrected chi connectivity index (χ2v) is 10.5. The van der Waals surface area contributed by atoms with Gasteiger partial charge in [0.05, 0.1) is 43.5 Å². The Kier molecular flexibility index (Phi) is 8.93. The molecule has 0 bridgehead atoms. The highest BCUT2D eigenvalue weighted by Crippen LogP contribution is 2.26. The van der Waals surface area contributed by atoms with E-state index in [0.717, 1.165) is 55.7 Å². The molecular weight excluding hydrogens is 392 g/mol. The maximum absolute atomic E-state index is 11.9. The van der Waals surface area contributed by atoms with Crippen LogP contribution in [0.2, 0.25) is 0 Å². The summed E-state index contributed by atoms with van der Waals surface area (Å²) in [5.41, 5.74) is 0. The third-order valence-electron chi connectivity index (χ3n) is 4.05. The van der Waals surface area contributed by atoms with E-state index < -0.39 is 0 Å². The maximum Gasteiger partial charge on any atom is 0.341 e. The Hall–Kier alpha value is 0.0700. The van der Waals surface area contributed by atoms with E-state index in [1.54, 1.807) is 18.0 Å². The molecule has 5 unspecified atom stereocenters. The van der Waals surface area contributed by atoms with Gasteiger partial charge in [-0.05, 0) is 25.5 Å². The maximum atomic E-state index is 11.9. The highest BCUT2D eigenvalue weighted by atomic mass is 32.2. The van der Waals surface area contributed by atoms with Gasteiger partial charge in [-0.3, -0.25) is 0 Å². The van der Waals surface area contributed by atoms with Gasteiger partial charge in [-0.1, -0.05) is 0 Å². The number of carbonyl (C=O) groups excluding carboxylic acids is 1. The van der Waals surface area contributed by atoms with Gasteiger partial charge in [-0.25, -0.2) is 9.79 Å². The van der Waals surface area contributed by atoms with Crippen molar-refractivity contribution in [3.05, 3.63) is 0 Å². The SMILES string of the molecule is CC(NC(=O)/N=C/CC(CCSCC1CO1)SCC1CO1)SCC1CO1. The molecule has 0 saturated carbocycles. The van der Waals surface area contributed by atoms with Gasteiger partial charge in [0, 0.05) is 28.7 Å². The molecule has 0 aromatic heterocycles. The second kappa shape index (κ2) is 11.2. The molecule has 0 radical (unpaired) electrons. The predicted molar refractivity (Wildman–Crippen MR) is 111 cm³/mol. The summed E-state index contributed by atoms with van der Waals surface area (Å²) in [4.78, 5) is 16.0. The number of thioether (sulfide) groups is 3. The number of carbonyl (C=O) groups is 1. The molecule has 3 aliphatic rings. The van der Waals surface area contributed by atoms with E-state index in [9.17, 15) is 4.79 Å². The number of ether oxygens (including phenoxy) is 3. The summed E-state index contributed by atoms with van der Waals surface area (Å²) in [5.74, 6) is 4.19. The van der Waals surface area contributed by atoms with Crippen LogP contribution < -0.4 is 5.32 Å². The molecule has 3 aliphatic heterocycles. The van der Waals surface area contributed by atoms with Crippen LogP contribution in [0.1, 0.15) is 19.8 Å². The topological polar surface area (TPSA) is 79.0 Å². The van der Waals surface area contributed by atoms with Crippen molar-refractivity contribution in [1.29, 1.82) is 0 Å². The molecule has 1 N–H and O–H groups in total. The number of hydrogen-bond acceptors (Lipinski definition) is 7. The van der Waals surface area contributed by atoms with Crippen molar-refractivity contribution in [2.75, 3.05) is 42.8 Å². The molecule has 0 aliphatic carbocycles. The van der Waals surface area contributed by atoms with E-state index >= 15 is 0 Å². The summed E-state index contributed by atoms with van der Waals surface area (Å²) >= 11 is 5.59. The van der Waals surface area contributed by atoms with Crippen molar-refractivity contribution < 1.29 is 19.0 Å². The number of rotatable bonds is 14. The Bertz CT molecular complexity index is 471. The van der Waals surface area contributed by atoms with E-state index in [1.165, 1.54) is 0 Å². The van der Waals surface area contributed by atoms with Crippen LogP contribution in [0.25, 0.3) is 0 Å². The van der Waals surface area contributed by atoms with Crippen LogP contribution in [0.4, 0.5) is 4.79 Å². The van der Waals surface area contributed by atoms with Crippen molar-refractivity contribution in [2.24, 2.45) is 4.99 Å². The first-order chi connectivity index (χ1) is 12.7. The zero-order valence-electron chi connectivity index (χ0n) is 15.1. The van der Waals surface area contributed by atoms with E-state index in [2.05, 4.69) is 10.3 Å². The first-order valence-corrected chi connectivity index (χ1v) is 12.4. The van der Waals surface area contributed by atoms with Crippen molar-refractivity contribution in [3.8, 4) is 0 Å². The molecule has 3 heterocycles. The number of urea groups is 1. The minimum Gasteiger partial charge on any atom is -0.372 e. The van der Waals surface area contributed by atoms with Crippen LogP contribution >= 0.6 is 35.3 Å². The standard InChI is InChI=1S/C17H28N2O4S3/c1-12(25-10-14-7-22-14)19-17(20)18-4-2-16(26-11-15-8-23-15)3-5-24-9-13-6-21-13/h4,12-16H,2-3,5-11H2,1H3,(H,19,20)/b18-4+. The molecule has 2 amide bonds. The Morgan fingerprint density at radius 1 is 1.12 bits per heavy atom. The van der Waals surface area contributed by atoms with Gasteiger partial charge in [0.1, 0.15) is 0 Å². The first-order valence-electron chi connectivity index (χ1n) is 9.18. The highest BCUT2D eigenvalue weighted by molar-refractivity contribution is 8.00. The Labute approximate surface area is 168 Å². The summed E-state index contributed by atoms with van der Waals surface area (Å²) < 4.78 is 15.7. The fraction of sp³-hybridized carbons (Fsp3) is 0.882. The normalized spacial score (nSPS) is 28.7. The average Bonchev–Trinajstić information content (AvgIpc) is 3.48. The zero-order chi connectivity index (χ0) is 18.2. The fourth-order valence-corrected chi connectivity index (χ4v) is 5.48. The molecule has 0 aromatic carbocycles. The minimum absolute atomic E-state index is 0.0575. The summed E-state index contributed by atoms with van der Waals surface area (Å²) in [7, 11) is 0. The monoisotopic (exact) mass is 420 g/mol. The quantitative estimate of drug-likeness (QED) is 0.200. The average molecular weight is 421 g/mol. The molecule has 3 fully saturated rings. The van der Waals surface area contributed by atoms with Gasteiger partial charge in [0.25, 0.3) is 0 Å². The zero-order valence-corrected chi connectivity index (χ0v) is 17.6. The lowest BCUT2D eigenvalue weighted by atomic mass is 10.2. The van der Waals surface area contributed by atoms with Crippen LogP contribution in [0, 0.1) is 0 Å². The van der Waals surface area contributed by atoms with Crippen molar-refractivity contribution >= 4 is 47.5 Å². The molecule has 148 valence electrons. The van der Waals surface area contributed by atoms with Crippen molar-refractivity contribution in [2.45, 2.75) is 48.7 Å². The Morgan fingerprint density at radius 2 is 1.73 bits per heavy atom. The molecule has 9 heteroatoms. The second-order valence-electron chi connectivity index (χ2n) is 6.66. The Morgan fingerprint density at radius 3 is 2.38 bits per heavy atom. The lowest BCUT2D eigenvalue weighted by Crippen LogP contribution is -2.28. The van der Waals surface area contributed by atoms with Crippen molar-refractivity contribution in [1.82, 2.24) is 5.32 Å². The molecule has 26 heavy (non-hydrogen) atoms. The smallest absolute Gasteiger partial charge is 0.341 e. The summed E-state index contributed by atoms with van der Waals surface area (Å²) in [5, 5.41) is 3.44. The number of amides is 2. The van der Waals surface area contributed by atoms with Crippen LogP contribution in [0.15, 0.2) is 4.99 Å². The van der Waals surface area contributed by atoms with Crippen LogP contribution in [0.3, 0.4) is 0 Å². The van der Waals surface area contributed by atoms with Gasteiger partial charge in [-0.2, -0.15) is 23.5 Å². The van der Waals surface area contributed by atoms with Gasteiger partial charge < -0.3 is 19.5 Å². The lowest BCUT2D eigenvalue weighted by Gasteiger charge is -2.14. The summed E-state index contributed by atoms with van der Waals surface area (Å²) in [6.45, 7) is 4.65.